The molecule has 0 amide bonds. The molecule has 19 heavy (non-hydrogen) atoms. The molecule has 1 aromatic heterocycles. The van der Waals surface area contributed by atoms with E-state index in [2.05, 4.69) is 9.97 Å². The van der Waals surface area contributed by atoms with Crippen LogP contribution in [-0.4, -0.2) is 31.8 Å². The normalized spacial score (nSPS) is 10.1. The molecule has 0 aliphatic rings. The number of carboxylic acid groups (broad SMARTS) is 1. The van der Waals surface area contributed by atoms with E-state index >= 15 is 0 Å². The van der Waals surface area contributed by atoms with Crippen LogP contribution in [0, 0.1) is 10.1 Å². The van der Waals surface area contributed by atoms with E-state index in [-0.39, 0.29) is 22.6 Å². The molecule has 96 valence electrons. The fraction of sp³-hybridized carbons (Fsp3) is 0. The van der Waals surface area contributed by atoms with Crippen molar-refractivity contribution < 1.29 is 19.6 Å². The molecule has 0 radical (unpaired) electrons. The molecule has 0 bridgehead atoms. The van der Waals surface area contributed by atoms with E-state index in [1.807, 2.05) is 0 Å². The molecule has 1 aromatic carbocycles. The second-order valence-electron chi connectivity index (χ2n) is 3.56. The van der Waals surface area contributed by atoms with Crippen LogP contribution in [0.1, 0.15) is 26.5 Å². The second-order valence-corrected chi connectivity index (χ2v) is 3.56. The van der Waals surface area contributed by atoms with E-state index in [1.165, 1.54) is 12.4 Å². The Morgan fingerprint density at radius 2 is 2.05 bits per heavy atom. The number of hydrogen-bond donors (Lipinski definition) is 2. The van der Waals surface area contributed by atoms with Gasteiger partial charge in [-0.15, -0.1) is 0 Å². The van der Waals surface area contributed by atoms with Crippen LogP contribution in [0.4, 0.5) is 5.69 Å². The van der Waals surface area contributed by atoms with Crippen LogP contribution in [0.2, 0.25) is 0 Å². The number of non-ortho nitro benzene ring substituents is 1. The van der Waals surface area contributed by atoms with Gasteiger partial charge in [0.05, 0.1) is 10.5 Å². The molecule has 0 aliphatic heterocycles. The third-order valence-electron chi connectivity index (χ3n) is 2.40. The van der Waals surface area contributed by atoms with Gasteiger partial charge in [0.2, 0.25) is 5.78 Å². The minimum atomic E-state index is -1.34. The van der Waals surface area contributed by atoms with Gasteiger partial charge in [-0.3, -0.25) is 14.9 Å². The van der Waals surface area contributed by atoms with Crippen molar-refractivity contribution in [3.63, 3.8) is 0 Å². The number of carbonyl (C=O) groups is 2. The van der Waals surface area contributed by atoms with Crippen molar-refractivity contribution in [2.75, 3.05) is 0 Å². The van der Waals surface area contributed by atoms with Crippen molar-refractivity contribution in [3.05, 3.63) is 57.7 Å². The number of nitro groups is 1. The Balaban J connectivity index is 2.58. The largest absolute Gasteiger partial charge is 0.478 e. The molecule has 2 rings (SSSR count). The monoisotopic (exact) mass is 261 g/mol. The van der Waals surface area contributed by atoms with E-state index in [1.54, 1.807) is 0 Å². The van der Waals surface area contributed by atoms with Gasteiger partial charge in [-0.05, 0) is 6.07 Å². The Labute approximate surface area is 105 Å². The smallest absolute Gasteiger partial charge is 0.336 e. The summed E-state index contributed by atoms with van der Waals surface area (Å²) in [4.78, 5) is 39.2. The van der Waals surface area contributed by atoms with E-state index in [9.17, 15) is 19.7 Å². The number of H-pyrrole nitrogens is 1. The molecule has 0 fully saturated rings. The summed E-state index contributed by atoms with van der Waals surface area (Å²) in [5.41, 5.74) is -0.955. The van der Waals surface area contributed by atoms with Gasteiger partial charge in [0.25, 0.3) is 5.69 Å². The SMILES string of the molecule is O=C(O)c1ccc([N+](=O)[O-])cc1C(=O)c1ncc[nH]1. The number of aromatic amines is 1. The average Bonchev–Trinajstić information content (AvgIpc) is 2.90. The summed E-state index contributed by atoms with van der Waals surface area (Å²) in [6.07, 6.45) is 2.72. The topological polar surface area (TPSA) is 126 Å². The van der Waals surface area contributed by atoms with Crippen molar-refractivity contribution in [1.82, 2.24) is 9.97 Å². The summed E-state index contributed by atoms with van der Waals surface area (Å²) in [6.45, 7) is 0. The summed E-state index contributed by atoms with van der Waals surface area (Å²) < 4.78 is 0. The average molecular weight is 261 g/mol. The van der Waals surface area contributed by atoms with Crippen LogP contribution >= 0.6 is 0 Å². The molecular formula is C11H7N3O5. The number of nitrogens with zero attached hydrogens (tertiary/aromatic N) is 2. The number of aromatic nitrogens is 2. The molecule has 8 heteroatoms. The van der Waals surface area contributed by atoms with Crippen LogP contribution in [0.3, 0.4) is 0 Å². The fourth-order valence-corrected chi connectivity index (χ4v) is 1.54. The minimum Gasteiger partial charge on any atom is -0.478 e. The summed E-state index contributed by atoms with van der Waals surface area (Å²) in [6, 6.07) is 2.98. The standard InChI is InChI=1S/C11H7N3O5/c15-9(10-12-3-4-13-10)8-5-6(14(18)19)1-2-7(8)11(16)17/h1-5H,(H,12,13)(H,16,17). The summed E-state index contributed by atoms with van der Waals surface area (Å²) in [7, 11) is 0. The molecule has 0 spiro atoms. The summed E-state index contributed by atoms with van der Waals surface area (Å²) in [5.74, 6) is -2.14. The van der Waals surface area contributed by atoms with Crippen molar-refractivity contribution >= 4 is 17.4 Å². The third-order valence-corrected chi connectivity index (χ3v) is 2.40. The minimum absolute atomic E-state index is 0.0806. The highest BCUT2D eigenvalue weighted by molar-refractivity contribution is 6.12. The van der Waals surface area contributed by atoms with Crippen LogP contribution in [0.25, 0.3) is 0 Å². The molecule has 0 unspecified atom stereocenters. The number of carbonyl (C=O) groups excluding carboxylic acids is 1. The van der Waals surface area contributed by atoms with Crippen LogP contribution in [0.5, 0.6) is 0 Å². The quantitative estimate of drug-likeness (QED) is 0.484. The van der Waals surface area contributed by atoms with E-state index in [0.717, 1.165) is 18.2 Å². The number of nitro benzene ring substituents is 1. The highest BCUT2D eigenvalue weighted by Gasteiger charge is 2.22. The molecule has 0 atom stereocenters. The van der Waals surface area contributed by atoms with Gasteiger partial charge in [0, 0.05) is 30.1 Å². The van der Waals surface area contributed by atoms with Gasteiger partial charge in [0.15, 0.2) is 5.82 Å². The van der Waals surface area contributed by atoms with Gasteiger partial charge >= 0.3 is 5.97 Å². The summed E-state index contributed by atoms with van der Waals surface area (Å²) >= 11 is 0. The first-order chi connectivity index (χ1) is 9.00. The Morgan fingerprint density at radius 1 is 1.32 bits per heavy atom. The Bertz CT molecular complexity index is 663. The van der Waals surface area contributed by atoms with Crippen LogP contribution in [-0.2, 0) is 0 Å². The fourth-order valence-electron chi connectivity index (χ4n) is 1.54. The highest BCUT2D eigenvalue weighted by atomic mass is 16.6. The number of rotatable bonds is 4. The molecule has 0 saturated carbocycles. The Kier molecular flexibility index (Phi) is 3.06. The van der Waals surface area contributed by atoms with E-state index < -0.39 is 16.7 Å². The molecule has 2 aromatic rings. The highest BCUT2D eigenvalue weighted by Crippen LogP contribution is 2.20. The first-order valence-electron chi connectivity index (χ1n) is 5.06. The van der Waals surface area contributed by atoms with Gasteiger partial charge in [-0.1, -0.05) is 0 Å². The van der Waals surface area contributed by atoms with Crippen molar-refractivity contribution in [2.24, 2.45) is 0 Å². The number of ketones is 1. The van der Waals surface area contributed by atoms with E-state index in [4.69, 9.17) is 5.11 Å². The lowest BCUT2D eigenvalue weighted by Gasteiger charge is -2.03. The first kappa shape index (κ1) is 12.4. The molecular weight excluding hydrogens is 254 g/mol. The zero-order chi connectivity index (χ0) is 14.0. The number of carboxylic acids is 1. The van der Waals surface area contributed by atoms with Gasteiger partial charge in [-0.2, -0.15) is 0 Å². The lowest BCUT2D eigenvalue weighted by molar-refractivity contribution is -0.384. The molecule has 8 nitrogen and oxygen atoms in total. The van der Waals surface area contributed by atoms with E-state index in [0.29, 0.717) is 0 Å². The predicted molar refractivity (Wildman–Crippen MR) is 62.1 cm³/mol. The summed E-state index contributed by atoms with van der Waals surface area (Å²) in [5, 5.41) is 19.7. The number of aromatic carboxylic acids is 1. The number of hydrogen-bond acceptors (Lipinski definition) is 5. The Morgan fingerprint density at radius 3 is 2.58 bits per heavy atom. The van der Waals surface area contributed by atoms with Crippen LogP contribution < -0.4 is 0 Å². The van der Waals surface area contributed by atoms with Crippen LogP contribution in [0.15, 0.2) is 30.6 Å². The molecule has 2 N–H and O–H groups in total. The number of imidazole rings is 1. The first-order valence-corrected chi connectivity index (χ1v) is 5.06. The maximum Gasteiger partial charge on any atom is 0.336 e. The lowest BCUT2D eigenvalue weighted by Crippen LogP contribution is -2.11. The molecule has 1 heterocycles. The second kappa shape index (κ2) is 4.69. The lowest BCUT2D eigenvalue weighted by atomic mass is 10.0. The predicted octanol–water partition coefficient (Wildman–Crippen LogP) is 1.25. The van der Waals surface area contributed by atoms with Crippen molar-refractivity contribution in [3.8, 4) is 0 Å². The van der Waals surface area contributed by atoms with Gasteiger partial charge in [0.1, 0.15) is 0 Å². The maximum atomic E-state index is 12.0. The third kappa shape index (κ3) is 2.32. The number of nitrogens with one attached hydrogen (secondary N) is 1. The number of benzene rings is 1. The van der Waals surface area contributed by atoms with Gasteiger partial charge < -0.3 is 10.1 Å². The molecule has 0 aliphatic carbocycles. The van der Waals surface area contributed by atoms with Gasteiger partial charge in [-0.25, -0.2) is 9.78 Å². The Hall–Kier alpha value is -3.03. The molecule has 0 saturated heterocycles. The van der Waals surface area contributed by atoms with Crippen molar-refractivity contribution in [2.45, 2.75) is 0 Å². The van der Waals surface area contributed by atoms with Crippen molar-refractivity contribution in [1.29, 1.82) is 0 Å². The maximum absolute atomic E-state index is 12.0. The zero-order valence-electron chi connectivity index (χ0n) is 9.36. The zero-order valence-corrected chi connectivity index (χ0v) is 9.36.